The van der Waals surface area contributed by atoms with Gasteiger partial charge in [-0.3, -0.25) is 4.99 Å². The molecule has 0 radical (unpaired) electrons. The molecule has 1 saturated heterocycles. The number of para-hydroxylation sites is 1. The van der Waals surface area contributed by atoms with Gasteiger partial charge >= 0.3 is 0 Å². The van der Waals surface area contributed by atoms with Gasteiger partial charge in [0, 0.05) is 43.4 Å². The topological polar surface area (TPSA) is 52.6 Å². The minimum Gasteiger partial charge on any atom is -0.368 e. The number of aromatic nitrogens is 1. The minimum atomic E-state index is 0. The molecule has 1 aromatic heterocycles. The second kappa shape index (κ2) is 10.3. The number of aliphatic imine (C=N–C) groups is 1. The van der Waals surface area contributed by atoms with Crippen LogP contribution in [0, 0.1) is 0 Å². The van der Waals surface area contributed by atoms with Crippen LogP contribution >= 0.6 is 51.5 Å². The Labute approximate surface area is 184 Å². The zero-order valence-electron chi connectivity index (χ0n) is 14.5. The van der Waals surface area contributed by atoms with Crippen LogP contribution in [0.4, 0.5) is 5.69 Å². The number of pyridine rings is 1. The fourth-order valence-corrected chi connectivity index (χ4v) is 3.54. The standard InChI is InChI=1S/C18H21BrClN5.HI/c1-21-18(23-11-13-6-7-17(20)22-10-13)24-14-8-9-25(12-14)16-5-3-2-4-15(16)19;/h2-7,10,14H,8-9,11-12H2,1H3,(H2,21,23,24);1H. The van der Waals surface area contributed by atoms with Crippen LogP contribution in [-0.4, -0.2) is 37.1 Å². The van der Waals surface area contributed by atoms with E-state index < -0.39 is 0 Å². The van der Waals surface area contributed by atoms with E-state index in [9.17, 15) is 0 Å². The largest absolute Gasteiger partial charge is 0.368 e. The Bertz CT molecular complexity index is 741. The van der Waals surface area contributed by atoms with Crippen LogP contribution < -0.4 is 15.5 Å². The quantitative estimate of drug-likeness (QED) is 0.261. The second-order valence-electron chi connectivity index (χ2n) is 5.94. The summed E-state index contributed by atoms with van der Waals surface area (Å²) in [6.07, 6.45) is 2.84. The first-order valence-corrected chi connectivity index (χ1v) is 9.40. The fourth-order valence-electron chi connectivity index (χ4n) is 2.89. The van der Waals surface area contributed by atoms with Crippen LogP contribution in [0.1, 0.15) is 12.0 Å². The van der Waals surface area contributed by atoms with Crippen molar-refractivity contribution < 1.29 is 0 Å². The molecular formula is C18H22BrClIN5. The van der Waals surface area contributed by atoms with E-state index >= 15 is 0 Å². The van der Waals surface area contributed by atoms with Gasteiger partial charge in [0.2, 0.25) is 0 Å². The molecule has 0 aliphatic carbocycles. The molecule has 140 valence electrons. The minimum absolute atomic E-state index is 0. The van der Waals surface area contributed by atoms with E-state index in [1.54, 1.807) is 19.3 Å². The molecule has 0 spiro atoms. The summed E-state index contributed by atoms with van der Waals surface area (Å²) in [5.74, 6) is 0.800. The Morgan fingerprint density at radius 2 is 2.15 bits per heavy atom. The van der Waals surface area contributed by atoms with Crippen LogP contribution in [0.25, 0.3) is 0 Å². The summed E-state index contributed by atoms with van der Waals surface area (Å²) in [7, 11) is 1.79. The van der Waals surface area contributed by atoms with Crippen LogP contribution in [0.2, 0.25) is 5.15 Å². The first-order valence-electron chi connectivity index (χ1n) is 8.23. The molecular weight excluding hydrogens is 528 g/mol. The molecule has 3 rings (SSSR count). The highest BCUT2D eigenvalue weighted by molar-refractivity contribution is 14.0. The number of hydrogen-bond donors (Lipinski definition) is 2. The third-order valence-electron chi connectivity index (χ3n) is 4.19. The summed E-state index contributed by atoms with van der Waals surface area (Å²) in [4.78, 5) is 10.8. The second-order valence-corrected chi connectivity index (χ2v) is 7.18. The van der Waals surface area contributed by atoms with E-state index in [0.29, 0.717) is 17.7 Å². The van der Waals surface area contributed by atoms with Crippen molar-refractivity contribution in [1.82, 2.24) is 15.6 Å². The average Bonchev–Trinajstić information content (AvgIpc) is 3.08. The molecule has 1 unspecified atom stereocenters. The van der Waals surface area contributed by atoms with Crippen LogP contribution in [0.15, 0.2) is 52.1 Å². The lowest BCUT2D eigenvalue weighted by Crippen LogP contribution is -2.44. The highest BCUT2D eigenvalue weighted by atomic mass is 127. The SMILES string of the molecule is CN=C(NCc1ccc(Cl)nc1)NC1CCN(c2ccccc2Br)C1.I. The number of halogens is 3. The molecule has 1 aliphatic rings. The van der Waals surface area contributed by atoms with Crippen molar-refractivity contribution in [3.8, 4) is 0 Å². The monoisotopic (exact) mass is 549 g/mol. The Kier molecular flexibility index (Phi) is 8.43. The van der Waals surface area contributed by atoms with Crippen molar-refractivity contribution >= 4 is 63.2 Å². The van der Waals surface area contributed by atoms with Gasteiger partial charge in [-0.25, -0.2) is 4.98 Å². The third kappa shape index (κ3) is 5.72. The number of anilines is 1. The summed E-state index contributed by atoms with van der Waals surface area (Å²) >= 11 is 9.45. The molecule has 8 heteroatoms. The van der Waals surface area contributed by atoms with E-state index in [1.807, 2.05) is 12.1 Å². The van der Waals surface area contributed by atoms with E-state index in [4.69, 9.17) is 11.6 Å². The van der Waals surface area contributed by atoms with Gasteiger partial charge in [0.25, 0.3) is 0 Å². The van der Waals surface area contributed by atoms with Crippen molar-refractivity contribution in [3.63, 3.8) is 0 Å². The molecule has 2 heterocycles. The van der Waals surface area contributed by atoms with Gasteiger partial charge in [-0.05, 0) is 46.1 Å². The molecule has 2 N–H and O–H groups in total. The zero-order chi connectivity index (χ0) is 17.6. The highest BCUT2D eigenvalue weighted by Crippen LogP contribution is 2.28. The molecule has 1 aliphatic heterocycles. The lowest BCUT2D eigenvalue weighted by molar-refractivity contribution is 0.648. The molecule has 2 aromatic rings. The number of benzene rings is 1. The molecule has 1 atom stereocenters. The van der Waals surface area contributed by atoms with Crippen molar-refractivity contribution in [2.45, 2.75) is 19.0 Å². The summed E-state index contributed by atoms with van der Waals surface area (Å²) in [5.41, 5.74) is 2.30. The van der Waals surface area contributed by atoms with Crippen molar-refractivity contribution in [2.75, 3.05) is 25.0 Å². The summed E-state index contributed by atoms with van der Waals surface area (Å²) < 4.78 is 1.13. The Morgan fingerprint density at radius 3 is 2.85 bits per heavy atom. The smallest absolute Gasteiger partial charge is 0.191 e. The van der Waals surface area contributed by atoms with E-state index in [2.05, 4.69) is 59.6 Å². The maximum atomic E-state index is 5.81. The van der Waals surface area contributed by atoms with Crippen LogP contribution in [0.3, 0.4) is 0 Å². The Balaban J connectivity index is 0.00000243. The number of rotatable bonds is 4. The summed E-state index contributed by atoms with van der Waals surface area (Å²) in [6, 6.07) is 12.4. The van der Waals surface area contributed by atoms with Crippen molar-refractivity contribution in [1.29, 1.82) is 0 Å². The molecule has 0 amide bonds. The number of nitrogens with zero attached hydrogens (tertiary/aromatic N) is 3. The fraction of sp³-hybridized carbons (Fsp3) is 0.333. The van der Waals surface area contributed by atoms with E-state index in [-0.39, 0.29) is 24.0 Å². The average molecular weight is 551 g/mol. The lowest BCUT2D eigenvalue weighted by atomic mass is 10.2. The van der Waals surface area contributed by atoms with Gasteiger partial charge in [-0.1, -0.05) is 29.8 Å². The number of nitrogens with one attached hydrogen (secondary N) is 2. The van der Waals surface area contributed by atoms with Gasteiger partial charge in [0.1, 0.15) is 5.15 Å². The van der Waals surface area contributed by atoms with Gasteiger partial charge < -0.3 is 15.5 Å². The Hall–Kier alpha value is -1.06. The first kappa shape index (κ1) is 21.2. The maximum absolute atomic E-state index is 5.81. The molecule has 5 nitrogen and oxygen atoms in total. The van der Waals surface area contributed by atoms with Gasteiger partial charge in [0.05, 0.1) is 5.69 Å². The molecule has 1 fully saturated rings. The first-order chi connectivity index (χ1) is 12.2. The van der Waals surface area contributed by atoms with E-state index in [1.165, 1.54) is 5.69 Å². The predicted octanol–water partition coefficient (Wildman–Crippen LogP) is 4.06. The summed E-state index contributed by atoms with van der Waals surface area (Å²) in [6.45, 7) is 2.63. The Morgan fingerprint density at radius 1 is 1.35 bits per heavy atom. The number of guanidine groups is 1. The molecule has 26 heavy (non-hydrogen) atoms. The molecule has 0 saturated carbocycles. The molecule has 0 bridgehead atoms. The van der Waals surface area contributed by atoms with Gasteiger partial charge in [-0.2, -0.15) is 0 Å². The maximum Gasteiger partial charge on any atom is 0.191 e. The lowest BCUT2D eigenvalue weighted by Gasteiger charge is -2.21. The van der Waals surface area contributed by atoms with Crippen molar-refractivity contribution in [2.24, 2.45) is 4.99 Å². The highest BCUT2D eigenvalue weighted by Gasteiger charge is 2.24. The molecule has 1 aromatic carbocycles. The van der Waals surface area contributed by atoms with Crippen LogP contribution in [-0.2, 0) is 6.54 Å². The number of hydrogen-bond acceptors (Lipinski definition) is 3. The predicted molar refractivity (Wildman–Crippen MR) is 123 cm³/mol. The van der Waals surface area contributed by atoms with Crippen LogP contribution in [0.5, 0.6) is 0 Å². The normalized spacial score (nSPS) is 17.0. The van der Waals surface area contributed by atoms with Gasteiger partial charge in [0.15, 0.2) is 5.96 Å². The van der Waals surface area contributed by atoms with E-state index in [0.717, 1.165) is 35.5 Å². The third-order valence-corrected chi connectivity index (χ3v) is 5.09. The van der Waals surface area contributed by atoms with Gasteiger partial charge in [-0.15, -0.1) is 24.0 Å². The zero-order valence-corrected chi connectivity index (χ0v) is 19.1. The summed E-state index contributed by atoms with van der Waals surface area (Å²) in [5, 5.41) is 7.33. The van der Waals surface area contributed by atoms with Crippen molar-refractivity contribution in [3.05, 3.63) is 57.8 Å².